The van der Waals surface area contributed by atoms with Crippen molar-refractivity contribution in [2.45, 2.75) is 19.4 Å². The molecule has 7 nitrogen and oxygen atoms in total. The minimum absolute atomic E-state index is 0.125. The predicted molar refractivity (Wildman–Crippen MR) is 125 cm³/mol. The van der Waals surface area contributed by atoms with E-state index < -0.39 is 17.7 Å². The maximum Gasteiger partial charge on any atom is 0.295 e. The molecule has 1 N–H and O–H groups in total. The molecular formula is C26H30N2O5. The van der Waals surface area contributed by atoms with Crippen molar-refractivity contribution in [2.75, 3.05) is 46.5 Å². The van der Waals surface area contributed by atoms with Gasteiger partial charge in [-0.25, -0.2) is 0 Å². The number of benzene rings is 2. The summed E-state index contributed by atoms with van der Waals surface area (Å²) in [4.78, 5) is 30.1. The van der Waals surface area contributed by atoms with E-state index in [1.54, 1.807) is 36.3 Å². The Bertz CT molecular complexity index is 1020. The van der Waals surface area contributed by atoms with Gasteiger partial charge in [0.1, 0.15) is 11.5 Å². The number of morpholine rings is 1. The van der Waals surface area contributed by atoms with Gasteiger partial charge < -0.3 is 19.5 Å². The van der Waals surface area contributed by atoms with Gasteiger partial charge in [-0.1, -0.05) is 42.0 Å². The van der Waals surface area contributed by atoms with E-state index in [1.807, 2.05) is 31.2 Å². The lowest BCUT2D eigenvalue weighted by molar-refractivity contribution is -0.140. The molecule has 4 rings (SSSR count). The molecule has 0 bridgehead atoms. The molecule has 0 aromatic heterocycles. The Morgan fingerprint density at radius 1 is 1.03 bits per heavy atom. The summed E-state index contributed by atoms with van der Waals surface area (Å²) in [6.45, 7) is 6.36. The number of rotatable bonds is 7. The Labute approximate surface area is 194 Å². The highest BCUT2D eigenvalue weighted by Gasteiger charge is 2.45. The third kappa shape index (κ3) is 4.94. The van der Waals surface area contributed by atoms with Gasteiger partial charge >= 0.3 is 0 Å². The molecule has 0 radical (unpaired) electrons. The molecule has 2 aliphatic heterocycles. The number of aliphatic hydroxyl groups excluding tert-OH is 1. The first-order valence-electron chi connectivity index (χ1n) is 11.3. The van der Waals surface area contributed by atoms with Gasteiger partial charge in [0, 0.05) is 31.7 Å². The average Bonchev–Trinajstić information content (AvgIpc) is 3.10. The van der Waals surface area contributed by atoms with Crippen molar-refractivity contribution >= 4 is 17.4 Å². The monoisotopic (exact) mass is 450 g/mol. The van der Waals surface area contributed by atoms with E-state index in [9.17, 15) is 14.7 Å². The number of methoxy groups -OCH3 is 1. The van der Waals surface area contributed by atoms with Crippen LogP contribution in [0.1, 0.15) is 29.2 Å². The van der Waals surface area contributed by atoms with Gasteiger partial charge in [0.15, 0.2) is 0 Å². The van der Waals surface area contributed by atoms with Crippen molar-refractivity contribution in [2.24, 2.45) is 0 Å². The minimum Gasteiger partial charge on any atom is -0.507 e. The summed E-state index contributed by atoms with van der Waals surface area (Å²) in [5, 5.41) is 11.1. The van der Waals surface area contributed by atoms with Crippen LogP contribution in [0.3, 0.4) is 0 Å². The Balaban J connectivity index is 1.66. The van der Waals surface area contributed by atoms with Crippen LogP contribution in [0.15, 0.2) is 54.1 Å². The van der Waals surface area contributed by atoms with Gasteiger partial charge in [-0.15, -0.1) is 0 Å². The van der Waals surface area contributed by atoms with Crippen molar-refractivity contribution in [3.8, 4) is 5.75 Å². The molecule has 33 heavy (non-hydrogen) atoms. The summed E-state index contributed by atoms with van der Waals surface area (Å²) in [6.07, 6.45) is 0.726. The van der Waals surface area contributed by atoms with E-state index in [0.717, 1.165) is 37.2 Å². The largest absolute Gasteiger partial charge is 0.507 e. The number of aryl methyl sites for hydroxylation is 1. The molecule has 2 saturated heterocycles. The summed E-state index contributed by atoms with van der Waals surface area (Å²) in [5.74, 6) is -0.696. The maximum absolute atomic E-state index is 13.1. The second-order valence-corrected chi connectivity index (χ2v) is 8.44. The molecular weight excluding hydrogens is 420 g/mol. The number of likely N-dealkylation sites (tertiary alicyclic amines) is 1. The van der Waals surface area contributed by atoms with Crippen LogP contribution in [0.5, 0.6) is 5.75 Å². The lowest BCUT2D eigenvalue weighted by Crippen LogP contribution is -2.38. The minimum atomic E-state index is -0.653. The molecule has 2 fully saturated rings. The first-order valence-corrected chi connectivity index (χ1v) is 11.3. The first-order chi connectivity index (χ1) is 16.0. The number of ether oxygens (including phenoxy) is 2. The van der Waals surface area contributed by atoms with E-state index in [1.165, 1.54) is 0 Å². The van der Waals surface area contributed by atoms with Crippen LogP contribution in [-0.2, 0) is 14.3 Å². The Kier molecular flexibility index (Phi) is 7.11. The van der Waals surface area contributed by atoms with Gasteiger partial charge in [0.2, 0.25) is 0 Å². The molecule has 0 saturated carbocycles. The van der Waals surface area contributed by atoms with Crippen LogP contribution < -0.4 is 4.74 Å². The van der Waals surface area contributed by atoms with Crippen LogP contribution in [0.2, 0.25) is 0 Å². The van der Waals surface area contributed by atoms with Crippen LogP contribution in [-0.4, -0.2) is 73.1 Å². The highest BCUT2D eigenvalue weighted by atomic mass is 16.5. The molecule has 2 heterocycles. The van der Waals surface area contributed by atoms with Gasteiger partial charge in [-0.05, 0) is 31.0 Å². The highest BCUT2D eigenvalue weighted by Crippen LogP contribution is 2.39. The van der Waals surface area contributed by atoms with Gasteiger partial charge in [-0.3, -0.25) is 14.5 Å². The van der Waals surface area contributed by atoms with Gasteiger partial charge in [0.25, 0.3) is 11.7 Å². The number of aliphatic hydroxyl groups is 1. The maximum atomic E-state index is 13.1. The van der Waals surface area contributed by atoms with Crippen LogP contribution in [0, 0.1) is 6.92 Å². The summed E-state index contributed by atoms with van der Waals surface area (Å²) in [7, 11) is 1.59. The van der Waals surface area contributed by atoms with E-state index >= 15 is 0 Å². The summed E-state index contributed by atoms with van der Waals surface area (Å²) >= 11 is 0. The number of carbonyl (C=O) groups is 2. The summed E-state index contributed by atoms with van der Waals surface area (Å²) in [6, 6.07) is 13.9. The smallest absolute Gasteiger partial charge is 0.295 e. The van der Waals surface area contributed by atoms with Crippen molar-refractivity contribution in [1.29, 1.82) is 0 Å². The molecule has 2 aromatic rings. The quantitative estimate of drug-likeness (QED) is 0.397. The van der Waals surface area contributed by atoms with Crippen LogP contribution in [0.4, 0.5) is 0 Å². The first kappa shape index (κ1) is 23.0. The number of carbonyl (C=O) groups excluding carboxylic acids is 2. The zero-order chi connectivity index (χ0) is 23.4. The van der Waals surface area contributed by atoms with Crippen LogP contribution >= 0.6 is 0 Å². The third-order valence-corrected chi connectivity index (χ3v) is 6.27. The molecule has 2 aliphatic rings. The average molecular weight is 451 g/mol. The van der Waals surface area contributed by atoms with Crippen molar-refractivity contribution < 1.29 is 24.2 Å². The van der Waals surface area contributed by atoms with E-state index in [0.29, 0.717) is 31.1 Å². The fourth-order valence-corrected chi connectivity index (χ4v) is 4.40. The Hall–Kier alpha value is -3.16. The Morgan fingerprint density at radius 2 is 1.70 bits per heavy atom. The molecule has 0 aliphatic carbocycles. The molecule has 174 valence electrons. The topological polar surface area (TPSA) is 79.3 Å². The zero-order valence-electron chi connectivity index (χ0n) is 19.1. The zero-order valence-corrected chi connectivity index (χ0v) is 19.1. The van der Waals surface area contributed by atoms with Gasteiger partial charge in [-0.2, -0.15) is 0 Å². The second-order valence-electron chi connectivity index (χ2n) is 8.44. The SMILES string of the molecule is COc1ccc(C2/C(=C(\O)c3ccc(C)cc3)C(=O)C(=O)N2CCCN2CCOCC2)cc1. The number of hydrogen-bond donors (Lipinski definition) is 1. The number of ketones is 1. The second kappa shape index (κ2) is 10.2. The molecule has 7 heteroatoms. The lowest BCUT2D eigenvalue weighted by atomic mass is 9.95. The number of hydrogen-bond acceptors (Lipinski definition) is 6. The molecule has 2 aromatic carbocycles. The van der Waals surface area contributed by atoms with E-state index in [4.69, 9.17) is 9.47 Å². The van der Waals surface area contributed by atoms with Crippen LogP contribution in [0.25, 0.3) is 5.76 Å². The fraction of sp³-hybridized carbons (Fsp3) is 0.385. The third-order valence-electron chi connectivity index (χ3n) is 6.27. The van der Waals surface area contributed by atoms with Crippen molar-refractivity contribution in [3.63, 3.8) is 0 Å². The molecule has 1 unspecified atom stereocenters. The number of amides is 1. The standard InChI is InChI=1S/C26H30N2O5/c1-18-4-6-20(7-5-18)24(29)22-23(19-8-10-21(32-2)11-9-19)28(26(31)25(22)30)13-3-12-27-14-16-33-17-15-27/h4-11,23,29H,3,12-17H2,1-2H3/b24-22+. The molecule has 1 amide bonds. The van der Waals surface area contributed by atoms with E-state index in [-0.39, 0.29) is 11.3 Å². The fourth-order valence-electron chi connectivity index (χ4n) is 4.40. The van der Waals surface area contributed by atoms with E-state index in [2.05, 4.69) is 4.90 Å². The van der Waals surface area contributed by atoms with Gasteiger partial charge in [0.05, 0.1) is 31.9 Å². The summed E-state index contributed by atoms with van der Waals surface area (Å²) in [5.41, 5.74) is 2.45. The number of Topliss-reactive ketones (excluding diaryl/α,β-unsaturated/α-hetero) is 1. The number of nitrogens with zero attached hydrogens (tertiary/aromatic N) is 2. The van der Waals surface area contributed by atoms with Crippen molar-refractivity contribution in [3.05, 3.63) is 70.8 Å². The summed E-state index contributed by atoms with van der Waals surface area (Å²) < 4.78 is 10.7. The molecule has 1 atom stereocenters. The Morgan fingerprint density at radius 3 is 2.33 bits per heavy atom. The molecule has 0 spiro atoms. The van der Waals surface area contributed by atoms with Crippen molar-refractivity contribution in [1.82, 2.24) is 9.80 Å². The normalized spacial score (nSPS) is 20.9. The highest BCUT2D eigenvalue weighted by molar-refractivity contribution is 6.46. The predicted octanol–water partition coefficient (Wildman–Crippen LogP) is 3.15. The lowest BCUT2D eigenvalue weighted by Gasteiger charge is -2.29.